The number of rotatable bonds is 8. The second-order valence-corrected chi connectivity index (χ2v) is 8.58. The Labute approximate surface area is 126 Å². The van der Waals surface area contributed by atoms with Crippen LogP contribution in [0.5, 0.6) is 0 Å². The molecular formula is C15H26N2S2. The van der Waals surface area contributed by atoms with Gasteiger partial charge in [0.15, 0.2) is 0 Å². The predicted molar refractivity (Wildman–Crippen MR) is 87.9 cm³/mol. The Kier molecular flexibility index (Phi) is 6.65. The lowest BCUT2D eigenvalue weighted by Crippen LogP contribution is -2.30. The fourth-order valence-corrected chi connectivity index (χ4v) is 5.98. The van der Waals surface area contributed by atoms with Crippen LogP contribution in [-0.2, 0) is 6.54 Å². The van der Waals surface area contributed by atoms with Crippen molar-refractivity contribution in [1.29, 1.82) is 0 Å². The molecule has 0 bridgehead atoms. The van der Waals surface area contributed by atoms with Crippen molar-refractivity contribution >= 4 is 23.5 Å². The van der Waals surface area contributed by atoms with Crippen molar-refractivity contribution in [2.75, 3.05) is 11.5 Å². The monoisotopic (exact) mass is 298 g/mol. The minimum atomic E-state index is 0.408. The number of aromatic nitrogens is 2. The van der Waals surface area contributed by atoms with Crippen molar-refractivity contribution in [3.63, 3.8) is 0 Å². The van der Waals surface area contributed by atoms with Crippen LogP contribution in [0.1, 0.15) is 51.9 Å². The van der Waals surface area contributed by atoms with Gasteiger partial charge in [-0.15, -0.1) is 23.5 Å². The molecule has 2 rings (SSSR count). The first-order valence-corrected chi connectivity index (χ1v) is 9.55. The van der Waals surface area contributed by atoms with E-state index in [0.717, 1.165) is 6.54 Å². The van der Waals surface area contributed by atoms with Crippen LogP contribution < -0.4 is 0 Å². The van der Waals surface area contributed by atoms with Crippen LogP contribution in [0.2, 0.25) is 0 Å². The van der Waals surface area contributed by atoms with Gasteiger partial charge in [-0.3, -0.25) is 0 Å². The van der Waals surface area contributed by atoms with E-state index in [1.54, 1.807) is 0 Å². The van der Waals surface area contributed by atoms with Crippen LogP contribution in [0.4, 0.5) is 0 Å². The first-order chi connectivity index (χ1) is 9.35. The van der Waals surface area contributed by atoms with E-state index in [-0.39, 0.29) is 0 Å². The lowest BCUT2D eigenvalue weighted by atomic mass is 10.1. The van der Waals surface area contributed by atoms with Gasteiger partial charge in [-0.2, -0.15) is 0 Å². The third-order valence-electron chi connectivity index (χ3n) is 3.66. The van der Waals surface area contributed by atoms with Crippen molar-refractivity contribution in [3.8, 4) is 0 Å². The molecule has 4 heteroatoms. The molecular weight excluding hydrogens is 272 g/mol. The maximum atomic E-state index is 4.18. The molecule has 0 N–H and O–H groups in total. The van der Waals surface area contributed by atoms with E-state index >= 15 is 0 Å². The first-order valence-electron chi connectivity index (χ1n) is 7.58. The van der Waals surface area contributed by atoms with Crippen molar-refractivity contribution in [2.45, 2.75) is 62.5 Å². The zero-order valence-corrected chi connectivity index (χ0v) is 13.6. The summed E-state index contributed by atoms with van der Waals surface area (Å²) in [7, 11) is 0. The Bertz CT molecular complexity index is 332. The molecule has 2 heterocycles. The minimum absolute atomic E-state index is 0.408. The summed E-state index contributed by atoms with van der Waals surface area (Å²) in [5.41, 5.74) is 0. The van der Waals surface area contributed by atoms with Crippen LogP contribution in [0, 0.1) is 0 Å². The summed E-state index contributed by atoms with van der Waals surface area (Å²) in [5, 5.41) is 0. The number of imidazole rings is 1. The van der Waals surface area contributed by atoms with Crippen LogP contribution in [0.15, 0.2) is 18.7 Å². The van der Waals surface area contributed by atoms with Crippen molar-refractivity contribution in [1.82, 2.24) is 9.55 Å². The van der Waals surface area contributed by atoms with Crippen molar-refractivity contribution in [3.05, 3.63) is 18.7 Å². The van der Waals surface area contributed by atoms with E-state index in [0.29, 0.717) is 4.08 Å². The van der Waals surface area contributed by atoms with E-state index in [1.165, 1.54) is 56.5 Å². The average molecular weight is 299 g/mol. The van der Waals surface area contributed by atoms with Gasteiger partial charge in [0.2, 0.25) is 0 Å². The van der Waals surface area contributed by atoms with Crippen LogP contribution in [0.25, 0.3) is 0 Å². The summed E-state index contributed by atoms with van der Waals surface area (Å²) in [4.78, 5) is 4.18. The summed E-state index contributed by atoms with van der Waals surface area (Å²) in [6.45, 7) is 3.41. The second kappa shape index (κ2) is 8.25. The zero-order valence-electron chi connectivity index (χ0n) is 12.0. The van der Waals surface area contributed by atoms with E-state index < -0.39 is 0 Å². The molecule has 1 aromatic rings. The number of nitrogens with zero attached hydrogens (tertiary/aromatic N) is 2. The van der Waals surface area contributed by atoms with Gasteiger partial charge in [0.1, 0.15) is 0 Å². The maximum Gasteiger partial charge on any atom is 0.0946 e. The third kappa shape index (κ3) is 5.07. The van der Waals surface area contributed by atoms with Crippen LogP contribution in [-0.4, -0.2) is 25.1 Å². The van der Waals surface area contributed by atoms with Gasteiger partial charge in [0, 0.05) is 18.9 Å². The largest absolute Gasteiger partial charge is 0.335 e. The van der Waals surface area contributed by atoms with Gasteiger partial charge >= 0.3 is 0 Å². The zero-order chi connectivity index (χ0) is 13.4. The van der Waals surface area contributed by atoms with Gasteiger partial charge < -0.3 is 4.57 Å². The fourth-order valence-electron chi connectivity index (χ4n) is 2.59. The molecule has 0 radical (unpaired) electrons. The highest BCUT2D eigenvalue weighted by atomic mass is 32.2. The summed E-state index contributed by atoms with van der Waals surface area (Å²) in [5.74, 6) is 2.66. The Morgan fingerprint density at radius 1 is 1.16 bits per heavy atom. The standard InChI is InChI=1S/C15H26N2S2/c1-2-3-4-5-6-8-15(18-11-7-12-19-15)13-17-10-9-16-14-17/h9-10,14H,2-8,11-13H2,1H3. The highest BCUT2D eigenvalue weighted by molar-refractivity contribution is 8.18. The normalized spacial score (nSPS) is 18.6. The smallest absolute Gasteiger partial charge is 0.0946 e. The lowest BCUT2D eigenvalue weighted by Gasteiger charge is -2.36. The molecule has 0 unspecified atom stereocenters. The summed E-state index contributed by atoms with van der Waals surface area (Å²) < 4.78 is 2.67. The molecule has 1 aliphatic heterocycles. The Morgan fingerprint density at radius 3 is 2.63 bits per heavy atom. The number of hydrogen-bond donors (Lipinski definition) is 0. The van der Waals surface area contributed by atoms with E-state index in [4.69, 9.17) is 0 Å². The summed E-state index contributed by atoms with van der Waals surface area (Å²) in [6.07, 6.45) is 15.6. The number of unbranched alkanes of at least 4 members (excludes halogenated alkanes) is 4. The molecule has 0 amide bonds. The number of hydrogen-bond acceptors (Lipinski definition) is 3. The lowest BCUT2D eigenvalue weighted by molar-refractivity contribution is 0.535. The van der Waals surface area contributed by atoms with E-state index in [1.807, 2.05) is 12.5 Å². The summed E-state index contributed by atoms with van der Waals surface area (Å²) >= 11 is 4.37. The highest BCUT2D eigenvalue weighted by Crippen LogP contribution is 2.47. The highest BCUT2D eigenvalue weighted by Gasteiger charge is 2.33. The molecule has 108 valence electrons. The number of thioether (sulfide) groups is 2. The molecule has 2 nitrogen and oxygen atoms in total. The Balaban J connectivity index is 1.83. The topological polar surface area (TPSA) is 17.8 Å². The molecule has 1 aliphatic rings. The maximum absolute atomic E-state index is 4.18. The fraction of sp³-hybridized carbons (Fsp3) is 0.800. The van der Waals surface area contributed by atoms with Gasteiger partial charge in [-0.25, -0.2) is 4.98 Å². The predicted octanol–water partition coefficient (Wildman–Crippen LogP) is 4.81. The minimum Gasteiger partial charge on any atom is -0.335 e. The van der Waals surface area contributed by atoms with E-state index in [9.17, 15) is 0 Å². The molecule has 1 fully saturated rings. The second-order valence-electron chi connectivity index (χ2n) is 5.36. The van der Waals surface area contributed by atoms with Crippen LogP contribution >= 0.6 is 23.5 Å². The summed E-state index contributed by atoms with van der Waals surface area (Å²) in [6, 6.07) is 0. The molecule has 0 spiro atoms. The van der Waals surface area contributed by atoms with E-state index in [2.05, 4.69) is 46.2 Å². The Hall–Kier alpha value is -0.0900. The average Bonchev–Trinajstić information content (AvgIpc) is 2.92. The van der Waals surface area contributed by atoms with Crippen molar-refractivity contribution in [2.24, 2.45) is 0 Å². The molecule has 0 atom stereocenters. The molecule has 0 aliphatic carbocycles. The molecule has 1 saturated heterocycles. The van der Waals surface area contributed by atoms with Gasteiger partial charge in [0.25, 0.3) is 0 Å². The van der Waals surface area contributed by atoms with Gasteiger partial charge in [0.05, 0.1) is 10.4 Å². The Morgan fingerprint density at radius 2 is 1.95 bits per heavy atom. The SMILES string of the molecule is CCCCCCCC1(Cn2ccnc2)SCCCS1. The van der Waals surface area contributed by atoms with Gasteiger partial charge in [-0.1, -0.05) is 39.0 Å². The third-order valence-corrected chi connectivity index (χ3v) is 7.07. The van der Waals surface area contributed by atoms with Crippen LogP contribution in [0.3, 0.4) is 0 Å². The first kappa shape index (κ1) is 15.3. The molecule has 1 aromatic heterocycles. The quantitative estimate of drug-likeness (QED) is 0.641. The molecule has 0 aromatic carbocycles. The molecule has 0 saturated carbocycles. The molecule has 19 heavy (non-hydrogen) atoms. The van der Waals surface area contributed by atoms with Crippen molar-refractivity contribution < 1.29 is 0 Å². The van der Waals surface area contributed by atoms with Gasteiger partial charge in [-0.05, 0) is 24.3 Å².